The minimum absolute atomic E-state index is 0.0167. The van der Waals surface area contributed by atoms with Crippen molar-refractivity contribution in [1.29, 1.82) is 0 Å². The Balaban J connectivity index is 2.13. The summed E-state index contributed by atoms with van der Waals surface area (Å²) in [7, 11) is -4.04. The largest absolute Gasteiger partial charge is 0.377 e. The molecule has 0 bridgehead atoms. The van der Waals surface area contributed by atoms with E-state index < -0.39 is 10.1 Å². The van der Waals surface area contributed by atoms with Crippen molar-refractivity contribution >= 4 is 55.7 Å². The maximum absolute atomic E-state index is 12.4. The summed E-state index contributed by atoms with van der Waals surface area (Å²) in [6.45, 7) is 0. The van der Waals surface area contributed by atoms with Crippen molar-refractivity contribution in [3.8, 4) is 5.75 Å². The molecule has 23 heavy (non-hydrogen) atoms. The van der Waals surface area contributed by atoms with E-state index in [0.717, 1.165) is 0 Å². The molecular weight excluding hydrogens is 379 g/mol. The van der Waals surface area contributed by atoms with Crippen molar-refractivity contribution in [3.05, 3.63) is 69.7 Å². The van der Waals surface area contributed by atoms with Crippen LogP contribution in [0.4, 0.5) is 0 Å². The van der Waals surface area contributed by atoms with Gasteiger partial charge in [-0.2, -0.15) is 8.42 Å². The van der Waals surface area contributed by atoms with Gasteiger partial charge in [0.1, 0.15) is 4.90 Å². The van der Waals surface area contributed by atoms with Crippen LogP contribution < -0.4 is 4.18 Å². The molecule has 3 aromatic rings. The predicted molar refractivity (Wildman–Crippen MR) is 93.2 cm³/mol. The Morgan fingerprint density at radius 1 is 0.783 bits per heavy atom. The Kier molecular flexibility index (Phi) is 4.43. The average Bonchev–Trinajstić information content (AvgIpc) is 2.52. The summed E-state index contributed by atoms with van der Waals surface area (Å²) in [4.78, 5) is -0.0167. The van der Waals surface area contributed by atoms with Gasteiger partial charge in [0, 0.05) is 15.8 Å². The van der Waals surface area contributed by atoms with Gasteiger partial charge in [-0.3, -0.25) is 0 Å². The van der Waals surface area contributed by atoms with Crippen molar-refractivity contribution in [3.63, 3.8) is 0 Å². The number of fused-ring (bicyclic) bond motifs is 1. The van der Waals surface area contributed by atoms with Crippen molar-refractivity contribution in [2.24, 2.45) is 0 Å². The van der Waals surface area contributed by atoms with Gasteiger partial charge in [-0.15, -0.1) is 0 Å². The molecule has 0 aromatic heterocycles. The topological polar surface area (TPSA) is 43.4 Å². The first-order valence-corrected chi connectivity index (χ1v) is 8.99. The minimum Gasteiger partial charge on any atom is -0.377 e. The zero-order valence-corrected chi connectivity index (χ0v) is 14.5. The fourth-order valence-electron chi connectivity index (χ4n) is 2.12. The van der Waals surface area contributed by atoms with Crippen LogP contribution in [0.3, 0.4) is 0 Å². The van der Waals surface area contributed by atoms with Gasteiger partial charge in [-0.25, -0.2) is 0 Å². The first kappa shape index (κ1) is 16.4. The van der Waals surface area contributed by atoms with E-state index in [-0.39, 0.29) is 15.7 Å². The summed E-state index contributed by atoms with van der Waals surface area (Å²) in [6, 6.07) is 14.1. The van der Waals surface area contributed by atoms with E-state index in [9.17, 15) is 8.42 Å². The molecule has 0 saturated heterocycles. The summed E-state index contributed by atoms with van der Waals surface area (Å²) >= 11 is 18.0. The van der Waals surface area contributed by atoms with Crippen molar-refractivity contribution in [2.45, 2.75) is 4.90 Å². The molecule has 3 aromatic carbocycles. The van der Waals surface area contributed by atoms with E-state index in [1.165, 1.54) is 30.3 Å². The van der Waals surface area contributed by atoms with E-state index in [0.29, 0.717) is 20.8 Å². The Morgan fingerprint density at radius 2 is 1.39 bits per heavy atom. The first-order chi connectivity index (χ1) is 10.9. The second-order valence-corrected chi connectivity index (χ2v) is 7.50. The van der Waals surface area contributed by atoms with Crippen LogP contribution >= 0.6 is 34.8 Å². The van der Waals surface area contributed by atoms with E-state index >= 15 is 0 Å². The van der Waals surface area contributed by atoms with Gasteiger partial charge in [0.25, 0.3) is 0 Å². The van der Waals surface area contributed by atoms with Gasteiger partial charge in [0.2, 0.25) is 0 Å². The molecule has 118 valence electrons. The molecule has 0 spiro atoms. The molecular formula is C16H9Cl3O3S. The maximum Gasteiger partial charge on any atom is 0.339 e. The van der Waals surface area contributed by atoms with E-state index in [1.54, 1.807) is 24.3 Å². The van der Waals surface area contributed by atoms with Crippen LogP contribution in [0.1, 0.15) is 0 Å². The summed E-state index contributed by atoms with van der Waals surface area (Å²) in [6.07, 6.45) is 0. The second-order valence-electron chi connectivity index (χ2n) is 4.71. The highest BCUT2D eigenvalue weighted by Gasteiger charge is 2.21. The molecule has 0 amide bonds. The molecule has 0 aliphatic carbocycles. The molecule has 7 heteroatoms. The van der Waals surface area contributed by atoms with Crippen LogP contribution in [0, 0.1) is 0 Å². The third-order valence-electron chi connectivity index (χ3n) is 3.19. The normalized spacial score (nSPS) is 11.6. The van der Waals surface area contributed by atoms with Crippen LogP contribution in [0.5, 0.6) is 5.75 Å². The quantitative estimate of drug-likeness (QED) is 0.552. The highest BCUT2D eigenvalue weighted by Crippen LogP contribution is 2.39. The van der Waals surface area contributed by atoms with Crippen molar-refractivity contribution in [2.75, 3.05) is 0 Å². The Morgan fingerprint density at radius 3 is 2.04 bits per heavy atom. The molecule has 0 fully saturated rings. The third-order valence-corrected chi connectivity index (χ3v) is 5.28. The summed E-state index contributed by atoms with van der Waals surface area (Å²) in [5, 5.41) is 2.13. The van der Waals surface area contributed by atoms with Crippen LogP contribution in [0.2, 0.25) is 15.1 Å². The van der Waals surface area contributed by atoms with Crippen LogP contribution in [0.15, 0.2) is 59.5 Å². The number of halogens is 3. The Bertz CT molecular complexity index is 983. The van der Waals surface area contributed by atoms with Gasteiger partial charge in [-0.05, 0) is 30.3 Å². The molecule has 3 nitrogen and oxygen atoms in total. The van der Waals surface area contributed by atoms with E-state index in [4.69, 9.17) is 39.0 Å². The zero-order chi connectivity index (χ0) is 16.6. The standard InChI is InChI=1S/C16H9Cl3O3S/c17-10-5-7-11(8-6-10)23(20,21)22-16-13-4-2-1-3-12(13)14(18)9-15(16)19/h1-9H. The first-order valence-electron chi connectivity index (χ1n) is 6.45. The lowest BCUT2D eigenvalue weighted by Crippen LogP contribution is -2.10. The van der Waals surface area contributed by atoms with Gasteiger partial charge in [0.15, 0.2) is 5.75 Å². The summed E-state index contributed by atoms with van der Waals surface area (Å²) in [5.41, 5.74) is 0. The number of benzene rings is 3. The Hall–Kier alpha value is -1.46. The molecule has 0 aliphatic heterocycles. The highest BCUT2D eigenvalue weighted by molar-refractivity contribution is 7.87. The maximum atomic E-state index is 12.4. The van der Waals surface area contributed by atoms with Gasteiger partial charge in [-0.1, -0.05) is 59.1 Å². The third kappa shape index (κ3) is 3.26. The lowest BCUT2D eigenvalue weighted by atomic mass is 10.1. The molecule has 0 aliphatic rings. The molecule has 0 heterocycles. The van der Waals surface area contributed by atoms with Crippen molar-refractivity contribution < 1.29 is 12.6 Å². The SMILES string of the molecule is O=S(=O)(Oc1c(Cl)cc(Cl)c2ccccc12)c1ccc(Cl)cc1. The predicted octanol–water partition coefficient (Wildman–Crippen LogP) is 5.57. The van der Waals surface area contributed by atoms with Gasteiger partial charge < -0.3 is 4.18 Å². The van der Waals surface area contributed by atoms with Crippen molar-refractivity contribution in [1.82, 2.24) is 0 Å². The summed E-state index contributed by atoms with van der Waals surface area (Å²) in [5.74, 6) is 0.0432. The fourth-order valence-corrected chi connectivity index (χ4v) is 3.83. The van der Waals surface area contributed by atoms with Crippen LogP contribution in [0.25, 0.3) is 10.8 Å². The highest BCUT2D eigenvalue weighted by atomic mass is 35.5. The monoisotopic (exact) mass is 386 g/mol. The minimum atomic E-state index is -4.04. The lowest BCUT2D eigenvalue weighted by molar-refractivity contribution is 0.489. The van der Waals surface area contributed by atoms with Gasteiger partial charge >= 0.3 is 10.1 Å². The zero-order valence-electron chi connectivity index (χ0n) is 11.5. The fraction of sp³-hybridized carbons (Fsp3) is 0. The van der Waals surface area contributed by atoms with Gasteiger partial charge in [0.05, 0.1) is 10.0 Å². The van der Waals surface area contributed by atoms with Crippen LogP contribution in [-0.2, 0) is 10.1 Å². The second kappa shape index (κ2) is 6.21. The smallest absolute Gasteiger partial charge is 0.339 e. The molecule has 0 unspecified atom stereocenters. The molecule has 0 atom stereocenters. The Labute approximate surface area is 148 Å². The van der Waals surface area contributed by atoms with E-state index in [2.05, 4.69) is 0 Å². The van der Waals surface area contributed by atoms with Crippen LogP contribution in [-0.4, -0.2) is 8.42 Å². The van der Waals surface area contributed by atoms with E-state index in [1.807, 2.05) is 0 Å². The number of rotatable bonds is 3. The molecule has 0 saturated carbocycles. The molecule has 3 rings (SSSR count). The number of hydrogen-bond donors (Lipinski definition) is 0. The number of hydrogen-bond acceptors (Lipinski definition) is 3. The molecule has 0 N–H and O–H groups in total. The molecule has 0 radical (unpaired) electrons. The average molecular weight is 388 g/mol. The lowest BCUT2D eigenvalue weighted by Gasteiger charge is -2.12. The summed E-state index contributed by atoms with van der Waals surface area (Å²) < 4.78 is 30.1.